The maximum Gasteiger partial charge on any atom is 0.319 e. The summed E-state index contributed by atoms with van der Waals surface area (Å²) in [5, 5.41) is 5.65. The molecule has 0 saturated carbocycles. The van der Waals surface area contributed by atoms with E-state index in [4.69, 9.17) is 0 Å². The molecule has 0 bridgehead atoms. The molecule has 132 valence electrons. The smallest absolute Gasteiger partial charge is 0.319 e. The molecule has 1 aliphatic heterocycles. The van der Waals surface area contributed by atoms with Crippen LogP contribution in [0.25, 0.3) is 0 Å². The SMILES string of the molecule is C[C@H]1CCC(=O)N1c1cccc(NC(=O)NCCCc2ncc[nH]2)c1. The Labute approximate surface area is 146 Å². The van der Waals surface area contributed by atoms with E-state index >= 15 is 0 Å². The van der Waals surface area contributed by atoms with E-state index in [9.17, 15) is 9.59 Å². The number of benzene rings is 1. The summed E-state index contributed by atoms with van der Waals surface area (Å²) in [5.74, 6) is 1.05. The molecule has 1 atom stereocenters. The second kappa shape index (κ2) is 7.83. The van der Waals surface area contributed by atoms with Gasteiger partial charge in [0, 0.05) is 49.2 Å². The van der Waals surface area contributed by atoms with Crippen LogP contribution in [0.3, 0.4) is 0 Å². The van der Waals surface area contributed by atoms with Crippen molar-refractivity contribution in [2.24, 2.45) is 0 Å². The average molecular weight is 341 g/mol. The number of anilines is 2. The highest BCUT2D eigenvalue weighted by atomic mass is 16.2. The van der Waals surface area contributed by atoms with Crippen LogP contribution in [-0.4, -0.2) is 34.5 Å². The van der Waals surface area contributed by atoms with Crippen molar-refractivity contribution in [1.29, 1.82) is 0 Å². The quantitative estimate of drug-likeness (QED) is 0.706. The Balaban J connectivity index is 1.49. The second-order valence-corrected chi connectivity index (χ2v) is 6.22. The monoisotopic (exact) mass is 341 g/mol. The van der Waals surface area contributed by atoms with Crippen LogP contribution in [0.5, 0.6) is 0 Å². The van der Waals surface area contributed by atoms with Gasteiger partial charge in [-0.3, -0.25) is 4.79 Å². The number of rotatable bonds is 6. The van der Waals surface area contributed by atoms with Crippen molar-refractivity contribution >= 4 is 23.3 Å². The number of aromatic nitrogens is 2. The number of urea groups is 1. The first-order chi connectivity index (χ1) is 12.1. The summed E-state index contributed by atoms with van der Waals surface area (Å²) in [6, 6.07) is 7.33. The Hall–Kier alpha value is -2.83. The van der Waals surface area contributed by atoms with E-state index < -0.39 is 0 Å². The van der Waals surface area contributed by atoms with Gasteiger partial charge in [-0.1, -0.05) is 6.07 Å². The zero-order valence-electron chi connectivity index (χ0n) is 14.3. The van der Waals surface area contributed by atoms with Crippen LogP contribution in [0.2, 0.25) is 0 Å². The highest BCUT2D eigenvalue weighted by Crippen LogP contribution is 2.28. The number of aryl methyl sites for hydroxylation is 1. The normalized spacial score (nSPS) is 16.9. The van der Waals surface area contributed by atoms with Gasteiger partial charge < -0.3 is 20.5 Å². The summed E-state index contributed by atoms with van der Waals surface area (Å²) < 4.78 is 0. The van der Waals surface area contributed by atoms with Crippen LogP contribution in [0.4, 0.5) is 16.2 Å². The first kappa shape index (κ1) is 17.0. The number of hydrogen-bond acceptors (Lipinski definition) is 3. The molecule has 0 aliphatic carbocycles. The van der Waals surface area contributed by atoms with Gasteiger partial charge in [-0.15, -0.1) is 0 Å². The molecule has 1 saturated heterocycles. The lowest BCUT2D eigenvalue weighted by Crippen LogP contribution is -2.31. The minimum atomic E-state index is -0.252. The first-order valence-electron chi connectivity index (χ1n) is 8.59. The van der Waals surface area contributed by atoms with Crippen LogP contribution in [-0.2, 0) is 11.2 Å². The number of amides is 3. The van der Waals surface area contributed by atoms with E-state index in [0.29, 0.717) is 18.7 Å². The van der Waals surface area contributed by atoms with Crippen molar-refractivity contribution in [3.63, 3.8) is 0 Å². The Kier molecular flexibility index (Phi) is 5.33. The van der Waals surface area contributed by atoms with Gasteiger partial charge in [0.15, 0.2) is 0 Å². The predicted octanol–water partition coefficient (Wildman–Crippen LogP) is 2.68. The van der Waals surface area contributed by atoms with Gasteiger partial charge in [0.05, 0.1) is 0 Å². The van der Waals surface area contributed by atoms with E-state index in [0.717, 1.165) is 30.8 Å². The molecule has 1 aliphatic rings. The van der Waals surface area contributed by atoms with Crippen molar-refractivity contribution in [3.8, 4) is 0 Å². The fourth-order valence-corrected chi connectivity index (χ4v) is 3.03. The van der Waals surface area contributed by atoms with Crippen molar-refractivity contribution in [3.05, 3.63) is 42.5 Å². The fraction of sp³-hybridized carbons (Fsp3) is 0.389. The van der Waals surface area contributed by atoms with Crippen molar-refractivity contribution in [2.75, 3.05) is 16.8 Å². The topological polar surface area (TPSA) is 90.1 Å². The van der Waals surface area contributed by atoms with E-state index in [-0.39, 0.29) is 18.0 Å². The zero-order valence-corrected chi connectivity index (χ0v) is 14.3. The van der Waals surface area contributed by atoms with Gasteiger partial charge >= 0.3 is 6.03 Å². The lowest BCUT2D eigenvalue weighted by molar-refractivity contribution is -0.117. The van der Waals surface area contributed by atoms with Crippen LogP contribution >= 0.6 is 0 Å². The summed E-state index contributed by atoms with van der Waals surface area (Å²) in [5.41, 5.74) is 1.50. The van der Waals surface area contributed by atoms with Crippen molar-refractivity contribution in [2.45, 2.75) is 38.6 Å². The number of aromatic amines is 1. The first-order valence-corrected chi connectivity index (χ1v) is 8.59. The average Bonchev–Trinajstić information content (AvgIpc) is 3.22. The summed E-state index contributed by atoms with van der Waals surface area (Å²) in [4.78, 5) is 33.0. The fourth-order valence-electron chi connectivity index (χ4n) is 3.03. The number of imidazole rings is 1. The van der Waals surface area contributed by atoms with Crippen LogP contribution in [0.1, 0.15) is 32.0 Å². The van der Waals surface area contributed by atoms with Gasteiger partial charge in [-0.25, -0.2) is 9.78 Å². The van der Waals surface area contributed by atoms with Gasteiger partial charge in [0.2, 0.25) is 5.91 Å². The number of carbonyl (C=O) groups excluding carboxylic acids is 2. The predicted molar refractivity (Wildman–Crippen MR) is 96.6 cm³/mol. The molecule has 0 radical (unpaired) electrons. The van der Waals surface area contributed by atoms with Gasteiger partial charge in [0.1, 0.15) is 5.82 Å². The third-order valence-corrected chi connectivity index (χ3v) is 4.30. The van der Waals surface area contributed by atoms with Crippen molar-refractivity contribution in [1.82, 2.24) is 15.3 Å². The van der Waals surface area contributed by atoms with Crippen molar-refractivity contribution < 1.29 is 9.59 Å². The zero-order chi connectivity index (χ0) is 17.6. The third kappa shape index (κ3) is 4.37. The molecule has 7 nitrogen and oxygen atoms in total. The molecule has 2 aromatic rings. The number of H-pyrrole nitrogens is 1. The summed E-state index contributed by atoms with van der Waals surface area (Å²) in [6.07, 6.45) is 6.54. The molecular weight excluding hydrogens is 318 g/mol. The van der Waals surface area contributed by atoms with Gasteiger partial charge in [-0.2, -0.15) is 0 Å². The molecular formula is C18H23N5O2. The maximum absolute atomic E-state index is 12.0. The minimum absolute atomic E-state index is 0.132. The lowest BCUT2D eigenvalue weighted by Gasteiger charge is -2.22. The Morgan fingerprint density at radius 1 is 1.44 bits per heavy atom. The van der Waals surface area contributed by atoms with Gasteiger partial charge in [-0.05, 0) is 38.0 Å². The third-order valence-electron chi connectivity index (χ3n) is 4.30. The van der Waals surface area contributed by atoms with E-state index in [1.54, 1.807) is 17.3 Å². The number of carbonyl (C=O) groups is 2. The second-order valence-electron chi connectivity index (χ2n) is 6.22. The Morgan fingerprint density at radius 3 is 3.04 bits per heavy atom. The molecule has 3 amide bonds. The van der Waals surface area contributed by atoms with Crippen LogP contribution < -0.4 is 15.5 Å². The van der Waals surface area contributed by atoms with Gasteiger partial charge in [0.25, 0.3) is 0 Å². The molecule has 1 aromatic heterocycles. The summed E-state index contributed by atoms with van der Waals surface area (Å²) in [6.45, 7) is 2.60. The molecule has 3 rings (SSSR count). The molecule has 0 spiro atoms. The lowest BCUT2D eigenvalue weighted by atomic mass is 10.2. The largest absolute Gasteiger partial charge is 0.349 e. The molecule has 25 heavy (non-hydrogen) atoms. The summed E-state index contributed by atoms with van der Waals surface area (Å²) in [7, 11) is 0. The highest BCUT2D eigenvalue weighted by molar-refractivity contribution is 5.97. The number of nitrogens with one attached hydrogen (secondary N) is 3. The minimum Gasteiger partial charge on any atom is -0.349 e. The number of hydrogen-bond donors (Lipinski definition) is 3. The standard InChI is InChI=1S/C18H23N5O2/c1-13-7-8-17(24)23(13)15-5-2-4-14(12-15)22-18(25)21-9-3-6-16-19-10-11-20-16/h2,4-5,10-13H,3,6-9H2,1H3,(H,19,20)(H2,21,22,25)/t13-/m0/s1. The molecule has 0 unspecified atom stereocenters. The highest BCUT2D eigenvalue weighted by Gasteiger charge is 2.28. The molecule has 1 aromatic carbocycles. The molecule has 1 fully saturated rings. The number of nitrogens with zero attached hydrogens (tertiary/aromatic N) is 2. The van der Waals surface area contributed by atoms with Crippen LogP contribution in [0.15, 0.2) is 36.7 Å². The van der Waals surface area contributed by atoms with E-state index in [1.165, 1.54) is 0 Å². The van der Waals surface area contributed by atoms with E-state index in [2.05, 4.69) is 20.6 Å². The van der Waals surface area contributed by atoms with Crippen LogP contribution in [0, 0.1) is 0 Å². The molecule has 2 heterocycles. The Bertz CT molecular complexity index is 729. The Morgan fingerprint density at radius 2 is 2.32 bits per heavy atom. The maximum atomic E-state index is 12.0. The molecule has 7 heteroatoms. The van der Waals surface area contributed by atoms with E-state index in [1.807, 2.05) is 31.2 Å². The summed E-state index contributed by atoms with van der Waals surface area (Å²) >= 11 is 0. The molecule has 3 N–H and O–H groups in total.